The van der Waals surface area contributed by atoms with Gasteiger partial charge in [0.15, 0.2) is 11.2 Å². The van der Waals surface area contributed by atoms with Crippen molar-refractivity contribution in [1.29, 1.82) is 0 Å². The van der Waals surface area contributed by atoms with Gasteiger partial charge in [0.05, 0.1) is 11.4 Å². The normalized spacial score (nSPS) is 10.8. The SMILES string of the molecule is Cc1nn(-c2ccccc2)c2oc(C(N)=O)cc(=O)c12. The van der Waals surface area contributed by atoms with Crippen molar-refractivity contribution in [3.8, 4) is 5.69 Å². The molecule has 100 valence electrons. The second kappa shape index (κ2) is 4.34. The number of aryl methyl sites for hydroxylation is 1. The van der Waals surface area contributed by atoms with E-state index < -0.39 is 5.91 Å². The highest BCUT2D eigenvalue weighted by Crippen LogP contribution is 2.19. The first-order chi connectivity index (χ1) is 9.58. The highest BCUT2D eigenvalue weighted by molar-refractivity contribution is 5.91. The first kappa shape index (κ1) is 12.2. The summed E-state index contributed by atoms with van der Waals surface area (Å²) in [4.78, 5) is 23.3. The van der Waals surface area contributed by atoms with Crippen LogP contribution in [0.15, 0.2) is 45.6 Å². The first-order valence-corrected chi connectivity index (χ1v) is 5.96. The number of primary amides is 1. The fraction of sp³-hybridized carbons (Fsp3) is 0.0714. The van der Waals surface area contributed by atoms with Crippen LogP contribution in [0, 0.1) is 6.92 Å². The maximum Gasteiger partial charge on any atom is 0.284 e. The Morgan fingerprint density at radius 2 is 2.00 bits per heavy atom. The van der Waals surface area contributed by atoms with Gasteiger partial charge in [-0.15, -0.1) is 0 Å². The van der Waals surface area contributed by atoms with Gasteiger partial charge in [0.2, 0.25) is 5.71 Å². The van der Waals surface area contributed by atoms with Crippen LogP contribution in [-0.2, 0) is 0 Å². The Morgan fingerprint density at radius 3 is 2.65 bits per heavy atom. The summed E-state index contributed by atoms with van der Waals surface area (Å²) in [7, 11) is 0. The van der Waals surface area contributed by atoms with Gasteiger partial charge in [-0.05, 0) is 19.1 Å². The van der Waals surface area contributed by atoms with Gasteiger partial charge in [-0.2, -0.15) is 9.78 Å². The van der Waals surface area contributed by atoms with E-state index in [1.54, 1.807) is 6.92 Å². The molecule has 0 aliphatic heterocycles. The van der Waals surface area contributed by atoms with Crippen molar-refractivity contribution in [2.24, 2.45) is 5.73 Å². The number of fused-ring (bicyclic) bond motifs is 1. The topological polar surface area (TPSA) is 91.1 Å². The van der Waals surface area contributed by atoms with Gasteiger partial charge in [-0.1, -0.05) is 18.2 Å². The summed E-state index contributed by atoms with van der Waals surface area (Å²) in [5.74, 6) is -0.970. The lowest BCUT2D eigenvalue weighted by atomic mass is 10.2. The van der Waals surface area contributed by atoms with Crippen molar-refractivity contribution in [2.45, 2.75) is 6.92 Å². The molecular weight excluding hydrogens is 258 g/mol. The predicted octanol–water partition coefficient (Wildman–Crippen LogP) is 1.39. The lowest BCUT2D eigenvalue weighted by Crippen LogP contribution is -2.14. The molecule has 2 aromatic heterocycles. The van der Waals surface area contributed by atoms with Crippen molar-refractivity contribution < 1.29 is 9.21 Å². The van der Waals surface area contributed by atoms with Crippen LogP contribution in [0.5, 0.6) is 0 Å². The molecule has 2 N–H and O–H groups in total. The van der Waals surface area contributed by atoms with Crippen LogP contribution in [0.3, 0.4) is 0 Å². The van der Waals surface area contributed by atoms with Crippen molar-refractivity contribution in [3.05, 3.63) is 58.1 Å². The minimum Gasteiger partial charge on any atom is -0.432 e. The number of nitrogens with zero attached hydrogens (tertiary/aromatic N) is 2. The highest BCUT2D eigenvalue weighted by atomic mass is 16.4. The van der Waals surface area contributed by atoms with Crippen LogP contribution >= 0.6 is 0 Å². The van der Waals surface area contributed by atoms with Gasteiger partial charge in [0, 0.05) is 6.07 Å². The van der Waals surface area contributed by atoms with Crippen molar-refractivity contribution in [1.82, 2.24) is 9.78 Å². The van der Waals surface area contributed by atoms with Gasteiger partial charge >= 0.3 is 0 Å². The van der Waals surface area contributed by atoms with Gasteiger partial charge in [-0.3, -0.25) is 9.59 Å². The lowest BCUT2D eigenvalue weighted by molar-refractivity contribution is 0.0974. The van der Waals surface area contributed by atoms with E-state index in [0.717, 1.165) is 11.8 Å². The molecule has 20 heavy (non-hydrogen) atoms. The maximum atomic E-state index is 12.0. The van der Waals surface area contributed by atoms with Crippen LogP contribution in [0.25, 0.3) is 16.8 Å². The second-order valence-electron chi connectivity index (χ2n) is 4.35. The van der Waals surface area contributed by atoms with Crippen LogP contribution in [0.4, 0.5) is 0 Å². The molecule has 0 atom stereocenters. The number of para-hydroxylation sites is 1. The number of aromatic nitrogens is 2. The third kappa shape index (κ3) is 1.78. The molecule has 0 bridgehead atoms. The number of benzene rings is 1. The molecule has 6 heteroatoms. The molecule has 0 aliphatic carbocycles. The zero-order valence-electron chi connectivity index (χ0n) is 10.7. The summed E-state index contributed by atoms with van der Waals surface area (Å²) in [5, 5.41) is 4.64. The molecule has 0 saturated carbocycles. The predicted molar refractivity (Wildman–Crippen MR) is 72.9 cm³/mol. The molecule has 3 rings (SSSR count). The summed E-state index contributed by atoms with van der Waals surface area (Å²) in [6.07, 6.45) is 0. The van der Waals surface area contributed by atoms with E-state index in [9.17, 15) is 9.59 Å². The monoisotopic (exact) mass is 269 g/mol. The number of hydrogen-bond acceptors (Lipinski definition) is 4. The molecule has 3 aromatic rings. The number of nitrogens with two attached hydrogens (primary N) is 1. The minimum absolute atomic E-state index is 0.181. The van der Waals surface area contributed by atoms with Crippen LogP contribution in [0.1, 0.15) is 16.2 Å². The Kier molecular flexibility index (Phi) is 2.64. The fourth-order valence-corrected chi connectivity index (χ4v) is 2.07. The summed E-state index contributed by atoms with van der Waals surface area (Å²) < 4.78 is 6.92. The Morgan fingerprint density at radius 1 is 1.30 bits per heavy atom. The average molecular weight is 269 g/mol. The Balaban J connectivity index is 2.40. The Hall–Kier alpha value is -2.89. The second-order valence-corrected chi connectivity index (χ2v) is 4.35. The Bertz CT molecular complexity index is 862. The molecular formula is C14H11N3O3. The van der Waals surface area contributed by atoms with E-state index in [4.69, 9.17) is 10.2 Å². The fourth-order valence-electron chi connectivity index (χ4n) is 2.07. The number of amides is 1. The van der Waals surface area contributed by atoms with E-state index >= 15 is 0 Å². The van der Waals surface area contributed by atoms with Crippen molar-refractivity contribution in [3.63, 3.8) is 0 Å². The zero-order valence-corrected chi connectivity index (χ0v) is 10.7. The summed E-state index contributed by atoms with van der Waals surface area (Å²) in [5.41, 5.74) is 6.32. The molecule has 0 radical (unpaired) electrons. The molecule has 0 saturated heterocycles. The van der Waals surface area contributed by atoms with Gasteiger partial charge in [0.25, 0.3) is 5.91 Å². The Labute approximate surface area is 113 Å². The van der Waals surface area contributed by atoms with Gasteiger partial charge in [-0.25, -0.2) is 0 Å². The molecule has 0 fully saturated rings. The molecule has 1 aromatic carbocycles. The molecule has 6 nitrogen and oxygen atoms in total. The van der Waals surface area contributed by atoms with E-state index in [1.165, 1.54) is 4.68 Å². The largest absolute Gasteiger partial charge is 0.432 e. The van der Waals surface area contributed by atoms with Gasteiger partial charge < -0.3 is 10.2 Å². The summed E-state index contributed by atoms with van der Waals surface area (Å²) in [6, 6.07) is 10.3. The number of rotatable bonds is 2. The highest BCUT2D eigenvalue weighted by Gasteiger charge is 2.17. The number of carbonyl (C=O) groups is 1. The summed E-state index contributed by atoms with van der Waals surface area (Å²) in [6.45, 7) is 1.71. The number of carbonyl (C=O) groups excluding carboxylic acids is 1. The van der Waals surface area contributed by atoms with Crippen LogP contribution in [0.2, 0.25) is 0 Å². The first-order valence-electron chi connectivity index (χ1n) is 5.96. The van der Waals surface area contributed by atoms with Crippen LogP contribution in [-0.4, -0.2) is 15.7 Å². The third-order valence-electron chi connectivity index (χ3n) is 2.98. The molecule has 0 unspecified atom stereocenters. The standard InChI is InChI=1S/C14H11N3O3/c1-8-12-10(18)7-11(13(15)19)20-14(12)17(16-8)9-5-3-2-4-6-9/h2-7H,1H3,(H2,15,19). The quantitative estimate of drug-likeness (QED) is 0.761. The third-order valence-corrected chi connectivity index (χ3v) is 2.98. The summed E-state index contributed by atoms with van der Waals surface area (Å²) >= 11 is 0. The molecule has 0 aliphatic rings. The zero-order chi connectivity index (χ0) is 14.3. The van der Waals surface area contributed by atoms with Gasteiger partial charge in [0.1, 0.15) is 5.39 Å². The minimum atomic E-state index is -0.789. The molecule has 0 spiro atoms. The van der Waals surface area contributed by atoms with Crippen LogP contribution < -0.4 is 11.2 Å². The lowest BCUT2D eigenvalue weighted by Gasteiger charge is -2.02. The van der Waals surface area contributed by atoms with E-state index in [1.807, 2.05) is 30.3 Å². The smallest absolute Gasteiger partial charge is 0.284 e. The maximum absolute atomic E-state index is 12.0. The number of hydrogen-bond donors (Lipinski definition) is 1. The van der Waals surface area contributed by atoms with Crippen molar-refractivity contribution in [2.75, 3.05) is 0 Å². The average Bonchev–Trinajstić information content (AvgIpc) is 2.77. The van der Waals surface area contributed by atoms with E-state index in [-0.39, 0.29) is 16.9 Å². The van der Waals surface area contributed by atoms with E-state index in [0.29, 0.717) is 11.1 Å². The molecule has 2 heterocycles. The van der Waals surface area contributed by atoms with Crippen molar-refractivity contribution >= 4 is 17.0 Å². The van der Waals surface area contributed by atoms with E-state index in [2.05, 4.69) is 5.10 Å². The molecule has 1 amide bonds.